The van der Waals surface area contributed by atoms with Crippen molar-refractivity contribution in [2.75, 3.05) is 0 Å². The van der Waals surface area contributed by atoms with Gasteiger partial charge in [0.2, 0.25) is 0 Å². The van der Waals surface area contributed by atoms with E-state index in [4.69, 9.17) is 16.7 Å². The van der Waals surface area contributed by atoms with Crippen molar-refractivity contribution in [1.82, 2.24) is 0 Å². The van der Waals surface area contributed by atoms with Gasteiger partial charge in [-0.25, -0.2) is 0 Å². The third kappa shape index (κ3) is 2.66. The lowest BCUT2D eigenvalue weighted by Crippen LogP contribution is -2.02. The molecule has 0 fully saturated rings. The molecule has 1 aromatic carbocycles. The number of nitro groups is 1. The van der Waals surface area contributed by atoms with Gasteiger partial charge in [-0.1, -0.05) is 11.6 Å². The SMILES string of the molecule is Cc1cc([N+](=O)[O-])cc(CC(=O)O)c1Cl. The molecular weight excluding hydrogens is 222 g/mol. The van der Waals surface area contributed by atoms with Gasteiger partial charge in [-0.15, -0.1) is 0 Å². The number of hydrogen-bond acceptors (Lipinski definition) is 3. The summed E-state index contributed by atoms with van der Waals surface area (Å²) in [7, 11) is 0. The van der Waals surface area contributed by atoms with Gasteiger partial charge < -0.3 is 5.11 Å². The minimum absolute atomic E-state index is 0.145. The fourth-order valence-corrected chi connectivity index (χ4v) is 1.39. The van der Waals surface area contributed by atoms with Crippen molar-refractivity contribution >= 4 is 23.3 Å². The number of aryl methyl sites for hydroxylation is 1. The van der Waals surface area contributed by atoms with E-state index in [0.717, 1.165) is 0 Å². The molecule has 0 aliphatic carbocycles. The standard InChI is InChI=1S/C9H8ClNO4/c1-5-2-7(11(14)15)3-6(9(5)10)4-8(12)13/h2-3H,4H2,1H3,(H,12,13). The number of non-ortho nitro benzene ring substituents is 1. The summed E-state index contributed by atoms with van der Waals surface area (Å²) in [5, 5.41) is 19.4. The van der Waals surface area contributed by atoms with Gasteiger partial charge in [0, 0.05) is 17.2 Å². The molecule has 0 heterocycles. The zero-order valence-electron chi connectivity index (χ0n) is 7.86. The largest absolute Gasteiger partial charge is 0.481 e. The maximum atomic E-state index is 10.5. The molecule has 0 aromatic heterocycles. The van der Waals surface area contributed by atoms with Crippen LogP contribution in [0.3, 0.4) is 0 Å². The molecule has 5 nitrogen and oxygen atoms in total. The summed E-state index contributed by atoms with van der Waals surface area (Å²) in [5.74, 6) is -1.07. The minimum atomic E-state index is -1.07. The summed E-state index contributed by atoms with van der Waals surface area (Å²) in [6, 6.07) is 2.50. The topological polar surface area (TPSA) is 80.4 Å². The molecule has 0 aliphatic rings. The van der Waals surface area contributed by atoms with E-state index in [-0.39, 0.29) is 22.7 Å². The molecule has 0 amide bonds. The normalized spacial score (nSPS) is 10.0. The van der Waals surface area contributed by atoms with Crippen LogP contribution in [0.4, 0.5) is 5.69 Å². The number of hydrogen-bond donors (Lipinski definition) is 1. The fraction of sp³-hybridized carbons (Fsp3) is 0.222. The summed E-state index contributed by atoms with van der Waals surface area (Å²) in [5.41, 5.74) is 0.617. The molecule has 0 saturated carbocycles. The van der Waals surface area contributed by atoms with Crippen LogP contribution in [0.2, 0.25) is 5.02 Å². The Kier molecular flexibility index (Phi) is 3.26. The van der Waals surface area contributed by atoms with Gasteiger partial charge in [-0.05, 0) is 18.1 Å². The Morgan fingerprint density at radius 3 is 2.67 bits per heavy atom. The summed E-state index contributed by atoms with van der Waals surface area (Å²) < 4.78 is 0. The van der Waals surface area contributed by atoms with Gasteiger partial charge in [0.15, 0.2) is 0 Å². The van der Waals surface area contributed by atoms with E-state index >= 15 is 0 Å². The number of nitro benzene ring substituents is 1. The lowest BCUT2D eigenvalue weighted by Gasteiger charge is -2.04. The van der Waals surface area contributed by atoms with Gasteiger partial charge in [-0.2, -0.15) is 0 Å². The molecule has 6 heteroatoms. The smallest absolute Gasteiger partial charge is 0.307 e. The Labute approximate surface area is 90.4 Å². The average Bonchev–Trinajstić information content (AvgIpc) is 2.11. The van der Waals surface area contributed by atoms with Crippen LogP contribution in [-0.2, 0) is 11.2 Å². The number of carboxylic acids is 1. The zero-order chi connectivity index (χ0) is 11.6. The van der Waals surface area contributed by atoms with E-state index in [1.165, 1.54) is 12.1 Å². The van der Waals surface area contributed by atoms with E-state index in [2.05, 4.69) is 0 Å². The van der Waals surface area contributed by atoms with Crippen LogP contribution in [0.15, 0.2) is 12.1 Å². The van der Waals surface area contributed by atoms with Crippen LogP contribution in [0.1, 0.15) is 11.1 Å². The van der Waals surface area contributed by atoms with Crippen LogP contribution in [0, 0.1) is 17.0 Å². The molecule has 0 unspecified atom stereocenters. The van der Waals surface area contributed by atoms with Crippen LogP contribution >= 0.6 is 11.6 Å². The Morgan fingerprint density at radius 2 is 2.20 bits per heavy atom. The van der Waals surface area contributed by atoms with Crippen LogP contribution in [0.5, 0.6) is 0 Å². The molecule has 0 bridgehead atoms. The van der Waals surface area contributed by atoms with Gasteiger partial charge in [0.05, 0.1) is 11.3 Å². The highest BCUT2D eigenvalue weighted by Crippen LogP contribution is 2.26. The highest BCUT2D eigenvalue weighted by Gasteiger charge is 2.14. The monoisotopic (exact) mass is 229 g/mol. The molecule has 0 radical (unpaired) electrons. The van der Waals surface area contributed by atoms with Gasteiger partial charge in [0.25, 0.3) is 5.69 Å². The summed E-state index contributed by atoms with van der Waals surface area (Å²) >= 11 is 5.83. The molecule has 1 aromatic rings. The first kappa shape index (κ1) is 11.5. The van der Waals surface area contributed by atoms with Crippen LogP contribution in [0.25, 0.3) is 0 Å². The van der Waals surface area contributed by atoms with E-state index in [1.54, 1.807) is 6.92 Å². The quantitative estimate of drug-likeness (QED) is 0.636. The van der Waals surface area contributed by atoms with Crippen molar-refractivity contribution in [2.24, 2.45) is 0 Å². The van der Waals surface area contributed by atoms with Crippen molar-refractivity contribution < 1.29 is 14.8 Å². The number of rotatable bonds is 3. The van der Waals surface area contributed by atoms with Crippen molar-refractivity contribution in [2.45, 2.75) is 13.3 Å². The minimum Gasteiger partial charge on any atom is -0.481 e. The first-order valence-electron chi connectivity index (χ1n) is 4.07. The predicted octanol–water partition coefficient (Wildman–Crippen LogP) is 2.18. The molecule has 1 rings (SSSR count). The molecule has 1 N–H and O–H groups in total. The molecule has 0 spiro atoms. The molecule has 0 atom stereocenters. The van der Waals surface area contributed by atoms with Crippen LogP contribution in [-0.4, -0.2) is 16.0 Å². The maximum Gasteiger partial charge on any atom is 0.307 e. The molecular formula is C9H8ClNO4. The highest BCUT2D eigenvalue weighted by molar-refractivity contribution is 6.32. The van der Waals surface area contributed by atoms with E-state index in [0.29, 0.717) is 5.56 Å². The zero-order valence-corrected chi connectivity index (χ0v) is 8.61. The second kappa shape index (κ2) is 4.27. The number of nitrogens with zero attached hydrogens (tertiary/aromatic N) is 1. The number of benzene rings is 1. The first-order chi connectivity index (χ1) is 6.91. The van der Waals surface area contributed by atoms with Crippen molar-refractivity contribution in [1.29, 1.82) is 0 Å². The van der Waals surface area contributed by atoms with E-state index < -0.39 is 10.9 Å². The lowest BCUT2D eigenvalue weighted by atomic mass is 10.1. The first-order valence-corrected chi connectivity index (χ1v) is 4.45. The third-order valence-corrected chi connectivity index (χ3v) is 2.41. The number of aliphatic carboxylic acids is 1. The Hall–Kier alpha value is -1.62. The summed E-state index contributed by atoms with van der Waals surface area (Å²) in [4.78, 5) is 20.4. The highest BCUT2D eigenvalue weighted by atomic mass is 35.5. The number of halogens is 1. The van der Waals surface area contributed by atoms with E-state index in [1.807, 2.05) is 0 Å². The molecule has 15 heavy (non-hydrogen) atoms. The fourth-order valence-electron chi connectivity index (χ4n) is 1.22. The summed E-state index contributed by atoms with van der Waals surface area (Å²) in [6.45, 7) is 1.60. The molecule has 0 aliphatic heterocycles. The summed E-state index contributed by atoms with van der Waals surface area (Å²) in [6.07, 6.45) is -0.318. The van der Waals surface area contributed by atoms with E-state index in [9.17, 15) is 14.9 Å². The van der Waals surface area contributed by atoms with Crippen LogP contribution < -0.4 is 0 Å². The van der Waals surface area contributed by atoms with Crippen molar-refractivity contribution in [3.05, 3.63) is 38.4 Å². The number of carboxylic acid groups (broad SMARTS) is 1. The maximum absolute atomic E-state index is 10.5. The Morgan fingerprint density at radius 1 is 1.60 bits per heavy atom. The van der Waals surface area contributed by atoms with Gasteiger partial charge in [-0.3, -0.25) is 14.9 Å². The third-order valence-electron chi connectivity index (χ3n) is 1.87. The second-order valence-electron chi connectivity index (χ2n) is 3.06. The second-order valence-corrected chi connectivity index (χ2v) is 3.44. The predicted molar refractivity (Wildman–Crippen MR) is 54.2 cm³/mol. The Balaban J connectivity index is 3.24. The molecule has 0 saturated heterocycles. The van der Waals surface area contributed by atoms with Crippen molar-refractivity contribution in [3.63, 3.8) is 0 Å². The lowest BCUT2D eigenvalue weighted by molar-refractivity contribution is -0.385. The Bertz CT molecular complexity index is 430. The number of carbonyl (C=O) groups is 1. The average molecular weight is 230 g/mol. The van der Waals surface area contributed by atoms with Crippen molar-refractivity contribution in [3.8, 4) is 0 Å². The van der Waals surface area contributed by atoms with Gasteiger partial charge >= 0.3 is 5.97 Å². The van der Waals surface area contributed by atoms with Gasteiger partial charge in [0.1, 0.15) is 0 Å². The molecule has 80 valence electrons.